The molecule has 0 atom stereocenters. The molecule has 0 rings (SSSR count). The summed E-state index contributed by atoms with van der Waals surface area (Å²) in [5.41, 5.74) is 0.585. The molecule has 0 saturated heterocycles. The van der Waals surface area contributed by atoms with E-state index in [1.54, 1.807) is 19.9 Å². The summed E-state index contributed by atoms with van der Waals surface area (Å²) in [4.78, 5) is 19.6. The summed E-state index contributed by atoms with van der Waals surface area (Å²) in [5, 5.41) is 22.3. The van der Waals surface area contributed by atoms with Crippen molar-refractivity contribution in [2.75, 3.05) is 26.4 Å². The van der Waals surface area contributed by atoms with Crippen LogP contribution in [0.4, 0.5) is 4.79 Å². The minimum absolute atomic E-state index is 0.0121. The highest BCUT2D eigenvalue weighted by Crippen LogP contribution is 1.95. The van der Waals surface area contributed by atoms with E-state index < -0.39 is 6.16 Å². The number of hydrogen-bond acceptors (Lipinski definition) is 5. The Balaban J connectivity index is 0. The van der Waals surface area contributed by atoms with Crippen LogP contribution in [0.15, 0.2) is 11.6 Å². The molecule has 0 spiro atoms. The normalized spacial score (nSPS) is 10.2. The Bertz CT molecular complexity index is 243. The minimum Gasteiger partial charge on any atom is -0.460 e. The Morgan fingerprint density at radius 1 is 1.18 bits per heavy atom. The lowest BCUT2D eigenvalue weighted by Gasteiger charge is -2.04. The Kier molecular flexibility index (Phi) is 13.0. The van der Waals surface area contributed by atoms with Crippen molar-refractivity contribution < 1.29 is 34.4 Å². The van der Waals surface area contributed by atoms with Gasteiger partial charge in [-0.1, -0.05) is 6.08 Å². The van der Waals surface area contributed by atoms with Gasteiger partial charge in [0.15, 0.2) is 0 Å². The molecule has 0 aliphatic heterocycles. The summed E-state index contributed by atoms with van der Waals surface area (Å²) >= 11 is 0. The lowest BCUT2D eigenvalue weighted by molar-refractivity contribution is -0.140. The van der Waals surface area contributed by atoms with Crippen LogP contribution in [0.1, 0.15) is 13.8 Å². The van der Waals surface area contributed by atoms with E-state index in [0.717, 1.165) is 0 Å². The Morgan fingerprint density at radius 3 is 2.12 bits per heavy atom. The average molecular weight is 250 g/mol. The first-order valence-corrected chi connectivity index (χ1v) is 4.86. The van der Waals surface area contributed by atoms with Gasteiger partial charge in [-0.05, 0) is 13.8 Å². The molecule has 0 amide bonds. The number of allylic oxidation sites excluding steroid dienone is 1. The van der Waals surface area contributed by atoms with Gasteiger partial charge in [0, 0.05) is 5.57 Å². The number of carboxylic acid groups (broad SMARTS) is 2. The first-order chi connectivity index (χ1) is 7.95. The van der Waals surface area contributed by atoms with Gasteiger partial charge in [-0.3, -0.25) is 0 Å². The number of ether oxygens (including phenoxy) is 2. The summed E-state index contributed by atoms with van der Waals surface area (Å²) < 4.78 is 9.73. The topological polar surface area (TPSA) is 113 Å². The van der Waals surface area contributed by atoms with Gasteiger partial charge in [-0.25, -0.2) is 9.59 Å². The molecule has 0 saturated carbocycles. The van der Waals surface area contributed by atoms with Crippen LogP contribution in [0.25, 0.3) is 0 Å². The average Bonchev–Trinajstić information content (AvgIpc) is 2.26. The molecule has 17 heavy (non-hydrogen) atoms. The zero-order valence-corrected chi connectivity index (χ0v) is 9.88. The van der Waals surface area contributed by atoms with Crippen molar-refractivity contribution in [3.05, 3.63) is 11.6 Å². The molecular formula is C10H18O7. The number of hydrogen-bond donors (Lipinski definition) is 3. The fourth-order valence-corrected chi connectivity index (χ4v) is 0.592. The van der Waals surface area contributed by atoms with Crippen LogP contribution in [0.3, 0.4) is 0 Å². The van der Waals surface area contributed by atoms with Gasteiger partial charge in [-0.2, -0.15) is 0 Å². The van der Waals surface area contributed by atoms with Crippen LogP contribution in [-0.4, -0.2) is 53.9 Å². The number of carbonyl (C=O) groups excluding carboxylic acids is 1. The summed E-state index contributed by atoms with van der Waals surface area (Å²) in [6.45, 7) is 4.28. The third kappa shape index (κ3) is 17.0. The summed E-state index contributed by atoms with van der Waals surface area (Å²) in [6, 6.07) is 0. The van der Waals surface area contributed by atoms with Crippen molar-refractivity contribution in [3.8, 4) is 0 Å². The summed E-state index contributed by atoms with van der Waals surface area (Å²) in [5.74, 6) is -0.324. The Hall–Kier alpha value is -1.60. The zero-order chi connectivity index (χ0) is 13.7. The van der Waals surface area contributed by atoms with Gasteiger partial charge in [-0.15, -0.1) is 0 Å². The van der Waals surface area contributed by atoms with Crippen molar-refractivity contribution in [1.29, 1.82) is 0 Å². The van der Waals surface area contributed by atoms with Crippen molar-refractivity contribution >= 4 is 12.1 Å². The van der Waals surface area contributed by atoms with Crippen molar-refractivity contribution in [1.82, 2.24) is 0 Å². The highest BCUT2D eigenvalue weighted by Gasteiger charge is 2.02. The fourth-order valence-electron chi connectivity index (χ4n) is 0.592. The first kappa shape index (κ1) is 17.8. The van der Waals surface area contributed by atoms with Crippen molar-refractivity contribution in [2.24, 2.45) is 0 Å². The minimum atomic E-state index is -1.83. The second kappa shape index (κ2) is 12.5. The van der Waals surface area contributed by atoms with E-state index in [2.05, 4.69) is 0 Å². The number of esters is 1. The monoisotopic (exact) mass is 250 g/mol. The number of rotatable bonds is 6. The van der Waals surface area contributed by atoms with E-state index in [-0.39, 0.29) is 25.8 Å². The predicted molar refractivity (Wildman–Crippen MR) is 58.9 cm³/mol. The van der Waals surface area contributed by atoms with Crippen LogP contribution in [0.2, 0.25) is 0 Å². The lowest BCUT2D eigenvalue weighted by Crippen LogP contribution is -2.12. The second-order valence-corrected chi connectivity index (χ2v) is 2.73. The van der Waals surface area contributed by atoms with Gasteiger partial charge in [0.2, 0.25) is 0 Å². The van der Waals surface area contributed by atoms with Gasteiger partial charge in [0.1, 0.15) is 6.61 Å². The molecular weight excluding hydrogens is 232 g/mol. The molecule has 3 N–H and O–H groups in total. The van der Waals surface area contributed by atoms with Crippen LogP contribution in [0, 0.1) is 0 Å². The Morgan fingerprint density at radius 2 is 1.71 bits per heavy atom. The maximum Gasteiger partial charge on any atom is 0.503 e. The summed E-state index contributed by atoms with van der Waals surface area (Å²) in [7, 11) is 0. The Labute approximate surface area is 99.3 Å². The molecule has 0 radical (unpaired) electrons. The third-order valence-electron chi connectivity index (χ3n) is 1.45. The SMILES string of the molecule is CC=C(C)C(=O)OCCOCCO.O=C(O)O. The van der Waals surface area contributed by atoms with E-state index in [1.165, 1.54) is 0 Å². The standard InChI is InChI=1S/C9H16O4.CH2O3/c1-3-8(2)9(11)13-7-6-12-5-4-10;2-1(3)4/h3,10H,4-7H2,1-2H3;(H2,2,3,4). The second-order valence-electron chi connectivity index (χ2n) is 2.73. The molecule has 0 fully saturated rings. The number of aliphatic hydroxyl groups is 1. The fraction of sp³-hybridized carbons (Fsp3) is 0.600. The highest BCUT2D eigenvalue weighted by atomic mass is 16.6. The van der Waals surface area contributed by atoms with Crippen LogP contribution < -0.4 is 0 Å². The molecule has 0 unspecified atom stereocenters. The summed E-state index contributed by atoms with van der Waals surface area (Å²) in [6.07, 6.45) is -0.142. The molecule has 0 bridgehead atoms. The van der Waals surface area contributed by atoms with E-state index >= 15 is 0 Å². The molecule has 0 aliphatic rings. The highest BCUT2D eigenvalue weighted by molar-refractivity contribution is 5.87. The van der Waals surface area contributed by atoms with Gasteiger partial charge in [0.05, 0.1) is 19.8 Å². The molecule has 7 heteroatoms. The zero-order valence-electron chi connectivity index (χ0n) is 9.88. The molecule has 0 aromatic carbocycles. The molecule has 7 nitrogen and oxygen atoms in total. The number of aliphatic hydroxyl groups excluding tert-OH is 1. The maximum atomic E-state index is 11.0. The van der Waals surface area contributed by atoms with Gasteiger partial charge in [0.25, 0.3) is 0 Å². The molecule has 0 heterocycles. The molecule has 0 aromatic rings. The van der Waals surface area contributed by atoms with Crippen molar-refractivity contribution in [3.63, 3.8) is 0 Å². The molecule has 100 valence electrons. The molecule has 0 aromatic heterocycles. The van der Waals surface area contributed by atoms with E-state index in [9.17, 15) is 4.79 Å². The van der Waals surface area contributed by atoms with Gasteiger partial charge >= 0.3 is 12.1 Å². The molecule has 0 aliphatic carbocycles. The third-order valence-corrected chi connectivity index (χ3v) is 1.45. The quantitative estimate of drug-likeness (QED) is 0.361. The van der Waals surface area contributed by atoms with E-state index in [1.807, 2.05) is 0 Å². The first-order valence-electron chi connectivity index (χ1n) is 4.86. The lowest BCUT2D eigenvalue weighted by atomic mass is 10.3. The number of carbonyl (C=O) groups is 2. The van der Waals surface area contributed by atoms with Crippen molar-refractivity contribution in [2.45, 2.75) is 13.8 Å². The van der Waals surface area contributed by atoms with Crippen LogP contribution in [-0.2, 0) is 14.3 Å². The van der Waals surface area contributed by atoms with Gasteiger partial charge < -0.3 is 24.8 Å². The predicted octanol–water partition coefficient (Wildman–Crippen LogP) is 0.727. The smallest absolute Gasteiger partial charge is 0.460 e. The van der Waals surface area contributed by atoms with E-state index in [0.29, 0.717) is 12.2 Å². The van der Waals surface area contributed by atoms with Crippen LogP contribution in [0.5, 0.6) is 0 Å². The van der Waals surface area contributed by atoms with Crippen LogP contribution >= 0.6 is 0 Å². The van der Waals surface area contributed by atoms with E-state index in [4.69, 9.17) is 29.6 Å². The largest absolute Gasteiger partial charge is 0.503 e. The maximum absolute atomic E-state index is 11.0.